The zero-order valence-electron chi connectivity index (χ0n) is 10.4. The average Bonchev–Trinajstić information content (AvgIpc) is 2.54. The van der Waals surface area contributed by atoms with Crippen LogP contribution in [0.15, 0.2) is 24.3 Å². The maximum atomic E-state index is 11.6. The number of Topliss-reactive ketones (excluding diaryl/α,β-unsaturated/α-hetero) is 1. The first kappa shape index (κ1) is 12.2. The van der Waals surface area contributed by atoms with E-state index in [4.69, 9.17) is 4.74 Å². The Kier molecular flexibility index (Phi) is 4.18. The number of hydrogen-bond donors (Lipinski definition) is 0. The molecular weight excluding hydrogens is 212 g/mol. The molecule has 1 unspecified atom stereocenters. The summed E-state index contributed by atoms with van der Waals surface area (Å²) in [5.41, 5.74) is 1.28. The molecule has 0 bridgehead atoms. The van der Waals surface area contributed by atoms with Crippen LogP contribution in [0.2, 0.25) is 0 Å². The fraction of sp³-hybridized carbons (Fsp3) is 0.533. The molecule has 2 rings (SSSR count). The minimum Gasteiger partial charge on any atom is -0.497 e. The van der Waals surface area contributed by atoms with Crippen molar-refractivity contribution in [3.05, 3.63) is 29.8 Å². The van der Waals surface area contributed by atoms with E-state index >= 15 is 0 Å². The first-order valence-corrected chi connectivity index (χ1v) is 6.42. The van der Waals surface area contributed by atoms with Crippen LogP contribution in [0, 0.1) is 5.92 Å². The van der Waals surface area contributed by atoms with Gasteiger partial charge in [-0.25, -0.2) is 0 Å². The third kappa shape index (κ3) is 3.58. The van der Waals surface area contributed by atoms with Gasteiger partial charge in [0.25, 0.3) is 0 Å². The Balaban J connectivity index is 2.00. The van der Waals surface area contributed by atoms with E-state index in [1.54, 1.807) is 7.11 Å². The average molecular weight is 232 g/mol. The number of carbonyl (C=O) groups is 1. The van der Waals surface area contributed by atoms with Gasteiger partial charge in [0, 0.05) is 12.8 Å². The summed E-state index contributed by atoms with van der Waals surface area (Å²) in [6.45, 7) is 0. The molecule has 1 saturated carbocycles. The van der Waals surface area contributed by atoms with E-state index in [9.17, 15) is 4.79 Å². The van der Waals surface area contributed by atoms with Gasteiger partial charge in [-0.2, -0.15) is 0 Å². The minimum atomic E-state index is 0.440. The molecule has 0 N–H and O–H groups in total. The molecule has 1 fully saturated rings. The van der Waals surface area contributed by atoms with Gasteiger partial charge in [-0.1, -0.05) is 18.6 Å². The molecule has 1 aromatic carbocycles. The topological polar surface area (TPSA) is 26.3 Å². The SMILES string of the molecule is COc1cccc(CC2CCCCC(=O)C2)c1. The van der Waals surface area contributed by atoms with E-state index in [-0.39, 0.29) is 0 Å². The minimum absolute atomic E-state index is 0.440. The number of rotatable bonds is 3. The number of methoxy groups -OCH3 is 1. The van der Waals surface area contributed by atoms with Crippen LogP contribution in [-0.4, -0.2) is 12.9 Å². The Morgan fingerprint density at radius 3 is 3.06 bits per heavy atom. The molecule has 1 atom stereocenters. The standard InChI is InChI=1S/C15H20O2/c1-17-15-8-4-6-13(11-15)9-12-5-2-3-7-14(16)10-12/h4,6,8,11-12H,2-3,5,7,9-10H2,1H3. The first-order valence-electron chi connectivity index (χ1n) is 6.42. The molecule has 0 saturated heterocycles. The van der Waals surface area contributed by atoms with Crippen molar-refractivity contribution in [3.8, 4) is 5.75 Å². The van der Waals surface area contributed by atoms with E-state index in [0.717, 1.165) is 31.4 Å². The van der Waals surface area contributed by atoms with Crippen LogP contribution in [0.1, 0.15) is 37.7 Å². The predicted octanol–water partition coefficient (Wildman–Crippen LogP) is 3.39. The summed E-state index contributed by atoms with van der Waals surface area (Å²) in [5.74, 6) is 1.87. The summed E-state index contributed by atoms with van der Waals surface area (Å²) >= 11 is 0. The fourth-order valence-electron chi connectivity index (χ4n) is 2.59. The first-order chi connectivity index (χ1) is 8.28. The van der Waals surface area contributed by atoms with E-state index in [0.29, 0.717) is 11.7 Å². The lowest BCUT2D eigenvalue weighted by molar-refractivity contribution is -0.119. The van der Waals surface area contributed by atoms with E-state index in [1.807, 2.05) is 12.1 Å². The second-order valence-electron chi connectivity index (χ2n) is 4.91. The lowest BCUT2D eigenvalue weighted by Gasteiger charge is -2.13. The van der Waals surface area contributed by atoms with Gasteiger partial charge >= 0.3 is 0 Å². The molecular formula is C15H20O2. The van der Waals surface area contributed by atoms with E-state index in [1.165, 1.54) is 18.4 Å². The molecule has 0 radical (unpaired) electrons. The molecule has 1 aliphatic rings. The van der Waals surface area contributed by atoms with Gasteiger partial charge in [-0.05, 0) is 42.9 Å². The Bertz CT molecular complexity index is 384. The van der Waals surface area contributed by atoms with Crippen LogP contribution in [0.3, 0.4) is 0 Å². The van der Waals surface area contributed by atoms with Gasteiger partial charge in [-0.15, -0.1) is 0 Å². The quantitative estimate of drug-likeness (QED) is 0.747. The Hall–Kier alpha value is -1.31. The van der Waals surface area contributed by atoms with Gasteiger partial charge in [-0.3, -0.25) is 4.79 Å². The van der Waals surface area contributed by atoms with Crippen LogP contribution >= 0.6 is 0 Å². The van der Waals surface area contributed by atoms with Crippen LogP contribution in [-0.2, 0) is 11.2 Å². The Morgan fingerprint density at radius 2 is 2.24 bits per heavy atom. The third-order valence-corrected chi connectivity index (χ3v) is 3.49. The maximum Gasteiger partial charge on any atom is 0.133 e. The highest BCUT2D eigenvalue weighted by molar-refractivity contribution is 5.78. The molecule has 2 nitrogen and oxygen atoms in total. The van der Waals surface area contributed by atoms with Crippen molar-refractivity contribution in [1.82, 2.24) is 0 Å². The molecule has 0 spiro atoms. The van der Waals surface area contributed by atoms with Crippen molar-refractivity contribution in [1.29, 1.82) is 0 Å². The summed E-state index contributed by atoms with van der Waals surface area (Å²) in [6, 6.07) is 8.18. The molecule has 2 heteroatoms. The van der Waals surface area contributed by atoms with Crippen molar-refractivity contribution >= 4 is 5.78 Å². The molecule has 0 aromatic heterocycles. The van der Waals surface area contributed by atoms with Crippen molar-refractivity contribution in [3.63, 3.8) is 0 Å². The highest BCUT2D eigenvalue weighted by Crippen LogP contribution is 2.25. The maximum absolute atomic E-state index is 11.6. The molecule has 0 heterocycles. The van der Waals surface area contributed by atoms with Crippen molar-refractivity contribution in [2.45, 2.75) is 38.5 Å². The normalized spacial score (nSPS) is 21.0. The molecule has 17 heavy (non-hydrogen) atoms. The Labute approximate surface area is 103 Å². The largest absolute Gasteiger partial charge is 0.497 e. The van der Waals surface area contributed by atoms with E-state index in [2.05, 4.69) is 12.1 Å². The fourth-order valence-corrected chi connectivity index (χ4v) is 2.59. The lowest BCUT2D eigenvalue weighted by atomic mass is 9.92. The van der Waals surface area contributed by atoms with Gasteiger partial charge in [0.15, 0.2) is 0 Å². The highest BCUT2D eigenvalue weighted by atomic mass is 16.5. The molecule has 0 amide bonds. The number of carbonyl (C=O) groups excluding carboxylic acids is 1. The summed E-state index contributed by atoms with van der Waals surface area (Å²) in [6.07, 6.45) is 6.01. The van der Waals surface area contributed by atoms with Gasteiger partial charge in [0.05, 0.1) is 7.11 Å². The van der Waals surface area contributed by atoms with Crippen LogP contribution in [0.25, 0.3) is 0 Å². The van der Waals surface area contributed by atoms with Gasteiger partial charge in [0.2, 0.25) is 0 Å². The number of hydrogen-bond acceptors (Lipinski definition) is 2. The van der Waals surface area contributed by atoms with E-state index < -0.39 is 0 Å². The summed E-state index contributed by atoms with van der Waals surface area (Å²) < 4.78 is 5.22. The molecule has 92 valence electrons. The lowest BCUT2D eigenvalue weighted by Crippen LogP contribution is -2.08. The van der Waals surface area contributed by atoms with Crippen LogP contribution in [0.4, 0.5) is 0 Å². The second-order valence-corrected chi connectivity index (χ2v) is 4.91. The number of ether oxygens (including phenoxy) is 1. The molecule has 1 aromatic rings. The third-order valence-electron chi connectivity index (χ3n) is 3.49. The van der Waals surface area contributed by atoms with Crippen molar-refractivity contribution in [2.75, 3.05) is 7.11 Å². The summed E-state index contributed by atoms with van der Waals surface area (Å²) in [5, 5.41) is 0. The van der Waals surface area contributed by atoms with Crippen LogP contribution in [0.5, 0.6) is 5.75 Å². The van der Waals surface area contributed by atoms with Gasteiger partial charge < -0.3 is 4.74 Å². The van der Waals surface area contributed by atoms with Crippen molar-refractivity contribution in [2.24, 2.45) is 5.92 Å². The molecule has 1 aliphatic carbocycles. The summed E-state index contributed by atoms with van der Waals surface area (Å²) in [7, 11) is 1.69. The summed E-state index contributed by atoms with van der Waals surface area (Å²) in [4.78, 5) is 11.6. The monoisotopic (exact) mass is 232 g/mol. The zero-order valence-corrected chi connectivity index (χ0v) is 10.4. The van der Waals surface area contributed by atoms with Crippen molar-refractivity contribution < 1.29 is 9.53 Å². The number of ketones is 1. The highest BCUT2D eigenvalue weighted by Gasteiger charge is 2.18. The number of benzene rings is 1. The van der Waals surface area contributed by atoms with Crippen LogP contribution < -0.4 is 4.74 Å². The predicted molar refractivity (Wildman–Crippen MR) is 68.3 cm³/mol. The second kappa shape index (κ2) is 5.85. The van der Waals surface area contributed by atoms with Gasteiger partial charge in [0.1, 0.15) is 11.5 Å². The molecule has 0 aliphatic heterocycles. The zero-order chi connectivity index (χ0) is 12.1. The smallest absolute Gasteiger partial charge is 0.133 e. The Morgan fingerprint density at radius 1 is 1.35 bits per heavy atom.